The fourth-order valence-electron chi connectivity index (χ4n) is 6.09. The molecule has 3 unspecified atom stereocenters. The number of fused-ring (bicyclic) bond motifs is 3. The van der Waals surface area contributed by atoms with Crippen molar-refractivity contribution in [3.05, 3.63) is 76.5 Å². The number of nitrogens with zero attached hydrogens (tertiary/aromatic N) is 2. The van der Waals surface area contributed by atoms with Gasteiger partial charge in [-0.2, -0.15) is 13.2 Å². The standard InChI is InChI=1S/C30H28F5N3O3/c1-2-40-29(39)28-21-9-16-11-26(37-14-22(16)27(21)28)41-15-17-10-20(23(13-24(17)31)30(33,34)35)19-4-3-18(12-25(19)32)38-7-5-36-6-8-38/h3-4,10-14,21,27-28,36H,2,5-9,15H2,1H3. The number of carbonyl (C=O) groups excluding carboxylic acids is 1. The molecular weight excluding hydrogens is 545 g/mol. The van der Waals surface area contributed by atoms with E-state index < -0.39 is 35.5 Å². The first-order valence-electron chi connectivity index (χ1n) is 13.6. The van der Waals surface area contributed by atoms with Crippen LogP contribution in [0, 0.1) is 23.5 Å². The zero-order valence-electron chi connectivity index (χ0n) is 22.2. The van der Waals surface area contributed by atoms with E-state index in [0.29, 0.717) is 37.9 Å². The van der Waals surface area contributed by atoms with Crippen molar-refractivity contribution in [3.63, 3.8) is 0 Å². The number of nitrogens with one attached hydrogen (secondary N) is 1. The Bertz CT molecular complexity index is 1490. The number of carbonyl (C=O) groups is 1. The minimum atomic E-state index is -4.90. The Morgan fingerprint density at radius 3 is 2.56 bits per heavy atom. The summed E-state index contributed by atoms with van der Waals surface area (Å²) < 4.78 is 82.7. The van der Waals surface area contributed by atoms with Crippen LogP contribution in [0.2, 0.25) is 0 Å². The second-order valence-electron chi connectivity index (χ2n) is 10.6. The molecule has 6 rings (SSSR count). The van der Waals surface area contributed by atoms with E-state index in [9.17, 15) is 22.4 Å². The van der Waals surface area contributed by atoms with E-state index in [1.54, 1.807) is 25.3 Å². The van der Waals surface area contributed by atoms with Crippen molar-refractivity contribution in [3.8, 4) is 17.0 Å². The zero-order chi connectivity index (χ0) is 28.9. The Morgan fingerprint density at radius 2 is 1.85 bits per heavy atom. The van der Waals surface area contributed by atoms with E-state index in [1.807, 2.05) is 4.90 Å². The molecule has 1 aromatic heterocycles. The molecule has 2 heterocycles. The van der Waals surface area contributed by atoms with Crippen LogP contribution in [0.15, 0.2) is 42.6 Å². The van der Waals surface area contributed by atoms with Gasteiger partial charge >= 0.3 is 12.1 Å². The average Bonchev–Trinajstić information content (AvgIpc) is 3.54. The highest BCUT2D eigenvalue weighted by Gasteiger charge is 2.60. The molecule has 0 bridgehead atoms. The van der Waals surface area contributed by atoms with Crippen LogP contribution in [0.1, 0.15) is 35.1 Å². The third-order valence-corrected chi connectivity index (χ3v) is 8.13. The van der Waals surface area contributed by atoms with Crippen LogP contribution in [0.4, 0.5) is 27.6 Å². The molecule has 3 atom stereocenters. The largest absolute Gasteiger partial charge is 0.473 e. The van der Waals surface area contributed by atoms with Crippen molar-refractivity contribution in [1.82, 2.24) is 10.3 Å². The Balaban J connectivity index is 1.23. The highest BCUT2D eigenvalue weighted by Crippen LogP contribution is 2.61. The van der Waals surface area contributed by atoms with Crippen LogP contribution in [-0.4, -0.2) is 43.7 Å². The van der Waals surface area contributed by atoms with E-state index >= 15 is 4.39 Å². The van der Waals surface area contributed by atoms with Crippen LogP contribution >= 0.6 is 0 Å². The van der Waals surface area contributed by atoms with Crippen molar-refractivity contribution in [2.24, 2.45) is 11.8 Å². The van der Waals surface area contributed by atoms with Gasteiger partial charge in [0, 0.05) is 61.2 Å². The molecule has 1 aliphatic heterocycles. The molecule has 6 nitrogen and oxygen atoms in total. The number of rotatable bonds is 7. The van der Waals surface area contributed by atoms with Crippen LogP contribution < -0.4 is 15.0 Å². The van der Waals surface area contributed by atoms with Gasteiger partial charge in [-0.3, -0.25) is 4.79 Å². The number of benzene rings is 2. The van der Waals surface area contributed by atoms with Gasteiger partial charge < -0.3 is 19.7 Å². The quantitative estimate of drug-likeness (QED) is 0.298. The predicted molar refractivity (Wildman–Crippen MR) is 141 cm³/mol. The summed E-state index contributed by atoms with van der Waals surface area (Å²) in [4.78, 5) is 18.3. The number of ether oxygens (including phenoxy) is 2. The number of hydrogen-bond donors (Lipinski definition) is 1. The Morgan fingerprint density at radius 1 is 1.07 bits per heavy atom. The van der Waals surface area contributed by atoms with Gasteiger partial charge in [0.25, 0.3) is 0 Å². The Labute approximate surface area is 233 Å². The minimum absolute atomic E-state index is 0.0633. The normalized spacial score (nSPS) is 21.3. The first-order valence-corrected chi connectivity index (χ1v) is 13.6. The number of aromatic nitrogens is 1. The lowest BCUT2D eigenvalue weighted by molar-refractivity contribution is -0.145. The van der Waals surface area contributed by atoms with E-state index in [1.165, 1.54) is 12.1 Å². The summed E-state index contributed by atoms with van der Waals surface area (Å²) in [6, 6.07) is 7.18. The lowest BCUT2D eigenvalue weighted by atomic mass is 9.95. The summed E-state index contributed by atoms with van der Waals surface area (Å²) in [5.41, 5.74) is 0.317. The van der Waals surface area contributed by atoms with Crippen LogP contribution in [0.25, 0.3) is 11.1 Å². The Kier molecular flexibility index (Phi) is 7.09. The number of anilines is 1. The minimum Gasteiger partial charge on any atom is -0.473 e. The fourth-order valence-corrected chi connectivity index (χ4v) is 6.09. The molecule has 41 heavy (non-hydrogen) atoms. The lowest BCUT2D eigenvalue weighted by Crippen LogP contribution is -2.43. The summed E-state index contributed by atoms with van der Waals surface area (Å²) in [7, 11) is 0. The van der Waals surface area contributed by atoms with Crippen LogP contribution in [0.5, 0.6) is 5.88 Å². The molecule has 0 radical (unpaired) electrons. The number of esters is 1. The molecule has 0 spiro atoms. The van der Waals surface area contributed by atoms with Gasteiger partial charge in [-0.25, -0.2) is 13.8 Å². The SMILES string of the molecule is CCOC(=O)C1C2Cc3cc(OCc4cc(-c5ccc(N6CCNCC6)cc5F)c(C(F)(F)F)cc4F)ncc3C21. The second kappa shape index (κ2) is 10.6. The van der Waals surface area contributed by atoms with E-state index in [0.717, 1.165) is 30.3 Å². The summed E-state index contributed by atoms with van der Waals surface area (Å²) in [5.74, 6) is -1.91. The molecule has 1 saturated heterocycles. The van der Waals surface area contributed by atoms with Gasteiger partial charge in [0.15, 0.2) is 0 Å². The highest BCUT2D eigenvalue weighted by molar-refractivity contribution is 5.79. The molecule has 0 amide bonds. The smallest absolute Gasteiger partial charge is 0.417 e. The third-order valence-electron chi connectivity index (χ3n) is 8.13. The van der Waals surface area contributed by atoms with Gasteiger partial charge in [0.05, 0.1) is 18.1 Å². The van der Waals surface area contributed by atoms with Gasteiger partial charge in [-0.15, -0.1) is 0 Å². The van der Waals surface area contributed by atoms with Crippen LogP contribution in [0.3, 0.4) is 0 Å². The molecule has 1 saturated carbocycles. The first-order chi connectivity index (χ1) is 19.7. The van der Waals surface area contributed by atoms with Crippen molar-refractivity contribution in [1.29, 1.82) is 0 Å². The molecule has 11 heteroatoms. The van der Waals surface area contributed by atoms with E-state index in [-0.39, 0.29) is 40.7 Å². The molecular formula is C30H28F5N3O3. The molecule has 216 valence electrons. The summed E-state index contributed by atoms with van der Waals surface area (Å²) in [6.45, 7) is 4.42. The van der Waals surface area contributed by atoms with Gasteiger partial charge in [-0.05, 0) is 66.3 Å². The monoisotopic (exact) mass is 573 g/mol. The van der Waals surface area contributed by atoms with Gasteiger partial charge in [0.2, 0.25) is 5.88 Å². The second-order valence-corrected chi connectivity index (χ2v) is 10.6. The molecule has 1 N–H and O–H groups in total. The Hall–Kier alpha value is -3.73. The number of halogens is 5. The number of hydrogen-bond acceptors (Lipinski definition) is 6. The summed E-state index contributed by atoms with van der Waals surface area (Å²) >= 11 is 0. The number of pyridine rings is 1. The zero-order valence-corrected chi connectivity index (χ0v) is 22.2. The van der Waals surface area contributed by atoms with Crippen molar-refractivity contribution >= 4 is 11.7 Å². The molecule has 3 aromatic rings. The average molecular weight is 574 g/mol. The van der Waals surface area contributed by atoms with Crippen molar-refractivity contribution in [2.75, 3.05) is 37.7 Å². The fraction of sp³-hybridized carbons (Fsp3) is 0.400. The van der Waals surface area contributed by atoms with Crippen LogP contribution in [-0.2, 0) is 28.7 Å². The molecule has 2 fully saturated rings. The summed E-state index contributed by atoms with van der Waals surface area (Å²) in [5, 5.41) is 3.19. The number of alkyl halides is 3. The number of piperazine rings is 1. The maximum Gasteiger partial charge on any atom is 0.417 e. The predicted octanol–water partition coefficient (Wildman–Crippen LogP) is 5.48. The first kappa shape index (κ1) is 27.4. The maximum atomic E-state index is 15.3. The maximum absolute atomic E-state index is 15.3. The van der Waals surface area contributed by atoms with Crippen molar-refractivity contribution in [2.45, 2.75) is 32.0 Å². The van der Waals surface area contributed by atoms with Crippen molar-refractivity contribution < 1.29 is 36.2 Å². The van der Waals surface area contributed by atoms with Gasteiger partial charge in [-0.1, -0.05) is 0 Å². The topological polar surface area (TPSA) is 63.7 Å². The summed E-state index contributed by atoms with van der Waals surface area (Å²) in [6.07, 6.45) is -2.62. The van der Waals surface area contributed by atoms with Gasteiger partial charge in [0.1, 0.15) is 18.2 Å². The lowest BCUT2D eigenvalue weighted by Gasteiger charge is -2.29. The third kappa shape index (κ3) is 5.23. The molecule has 3 aliphatic rings. The molecule has 2 aliphatic carbocycles. The van der Waals surface area contributed by atoms with E-state index in [2.05, 4.69) is 10.3 Å². The highest BCUT2D eigenvalue weighted by atomic mass is 19.4. The molecule has 2 aromatic carbocycles. The van der Waals surface area contributed by atoms with E-state index in [4.69, 9.17) is 9.47 Å².